The van der Waals surface area contributed by atoms with E-state index in [2.05, 4.69) is 10.3 Å². The molecule has 2 amide bonds. The molecule has 1 heterocycles. The van der Waals surface area contributed by atoms with E-state index in [0.29, 0.717) is 6.61 Å². The van der Waals surface area contributed by atoms with Gasteiger partial charge >= 0.3 is 5.97 Å². The van der Waals surface area contributed by atoms with Crippen LogP contribution in [0, 0.1) is 5.92 Å². The Kier molecular flexibility index (Phi) is 8.31. The zero-order chi connectivity index (χ0) is 19.9. The van der Waals surface area contributed by atoms with Gasteiger partial charge in [0.2, 0.25) is 11.8 Å². The van der Waals surface area contributed by atoms with E-state index in [0.717, 1.165) is 4.90 Å². The first-order valence-corrected chi connectivity index (χ1v) is 8.57. The monoisotopic (exact) mass is 385 g/mol. The van der Waals surface area contributed by atoms with E-state index in [9.17, 15) is 19.5 Å². The molecule has 0 aliphatic heterocycles. The van der Waals surface area contributed by atoms with Crippen molar-refractivity contribution in [2.75, 3.05) is 19.7 Å². The van der Waals surface area contributed by atoms with Crippen molar-refractivity contribution in [1.29, 1.82) is 0 Å². The van der Waals surface area contributed by atoms with Crippen LogP contribution in [0.3, 0.4) is 0 Å². The number of hydrogen-bond acceptors (Lipinski definition) is 5. The fraction of sp³-hybridized carbons (Fsp3) is 0.529. The summed E-state index contributed by atoms with van der Waals surface area (Å²) in [5, 5.41) is 11.9. The van der Waals surface area contributed by atoms with E-state index in [4.69, 9.17) is 16.3 Å². The first-order valence-electron chi connectivity index (χ1n) is 8.20. The van der Waals surface area contributed by atoms with E-state index < -0.39 is 17.9 Å². The summed E-state index contributed by atoms with van der Waals surface area (Å²) in [4.78, 5) is 40.2. The second-order valence-electron chi connectivity index (χ2n) is 6.21. The minimum absolute atomic E-state index is 0.0368. The van der Waals surface area contributed by atoms with Gasteiger partial charge in [0.25, 0.3) is 5.91 Å². The lowest BCUT2D eigenvalue weighted by atomic mass is 10.2. The lowest BCUT2D eigenvalue weighted by Crippen LogP contribution is -2.46. The summed E-state index contributed by atoms with van der Waals surface area (Å²) in [6, 6.07) is 0.318. The van der Waals surface area contributed by atoms with Crippen molar-refractivity contribution in [2.24, 2.45) is 5.92 Å². The number of carbonyl (C=O) groups is 3. The number of hydrogen-bond donors (Lipinski definition) is 2. The normalized spacial score (nSPS) is 11.8. The molecule has 0 fully saturated rings. The second-order valence-corrected chi connectivity index (χ2v) is 6.62. The number of halogens is 1. The van der Waals surface area contributed by atoms with Gasteiger partial charge in [-0.15, -0.1) is 0 Å². The predicted molar refractivity (Wildman–Crippen MR) is 96.4 cm³/mol. The molecule has 0 aliphatic carbocycles. The minimum Gasteiger partial charge on any atom is -0.480 e. The Bertz CT molecular complexity index is 666. The molecule has 0 aliphatic rings. The van der Waals surface area contributed by atoms with Crippen molar-refractivity contribution in [2.45, 2.75) is 33.7 Å². The molecule has 8 nitrogen and oxygen atoms in total. The van der Waals surface area contributed by atoms with Gasteiger partial charge in [-0.1, -0.05) is 25.4 Å². The Balaban J connectivity index is 2.96. The zero-order valence-corrected chi connectivity index (χ0v) is 16.0. The van der Waals surface area contributed by atoms with Crippen LogP contribution in [0.2, 0.25) is 5.02 Å². The van der Waals surface area contributed by atoms with Crippen LogP contribution in [0.4, 0.5) is 0 Å². The van der Waals surface area contributed by atoms with Crippen molar-refractivity contribution < 1.29 is 24.2 Å². The third kappa shape index (κ3) is 6.51. The summed E-state index contributed by atoms with van der Waals surface area (Å²) in [5.41, 5.74) is 0.142. The molecule has 1 aromatic rings. The fourth-order valence-corrected chi connectivity index (χ4v) is 2.24. The number of nitrogens with zero attached hydrogens (tertiary/aromatic N) is 2. The molecule has 2 N–H and O–H groups in total. The highest BCUT2D eigenvalue weighted by Crippen LogP contribution is 2.24. The highest BCUT2D eigenvalue weighted by Gasteiger charge is 2.27. The van der Waals surface area contributed by atoms with Crippen molar-refractivity contribution in [3.8, 4) is 5.88 Å². The molecule has 26 heavy (non-hydrogen) atoms. The molecule has 9 heteroatoms. The Morgan fingerprint density at radius 3 is 2.50 bits per heavy atom. The maximum absolute atomic E-state index is 12.7. The molecular weight excluding hydrogens is 362 g/mol. The predicted octanol–water partition coefficient (Wildman–Crippen LogP) is 1.82. The molecule has 0 bridgehead atoms. The molecule has 0 radical (unpaired) electrons. The largest absolute Gasteiger partial charge is 0.480 e. The minimum atomic E-state index is -1.16. The third-order valence-corrected chi connectivity index (χ3v) is 3.69. The van der Waals surface area contributed by atoms with Crippen LogP contribution < -0.4 is 10.1 Å². The van der Waals surface area contributed by atoms with E-state index >= 15 is 0 Å². The summed E-state index contributed by atoms with van der Waals surface area (Å²) in [6.45, 7) is 7.29. The Morgan fingerprint density at radius 2 is 2.00 bits per heavy atom. The fourth-order valence-electron chi connectivity index (χ4n) is 2.02. The van der Waals surface area contributed by atoms with E-state index in [1.54, 1.807) is 0 Å². The topological polar surface area (TPSA) is 109 Å². The lowest BCUT2D eigenvalue weighted by Gasteiger charge is -2.26. The number of aromatic nitrogens is 1. The number of carbonyl (C=O) groups excluding carboxylic acids is 2. The van der Waals surface area contributed by atoms with Crippen molar-refractivity contribution in [1.82, 2.24) is 15.2 Å². The van der Waals surface area contributed by atoms with E-state index in [1.165, 1.54) is 26.1 Å². The summed E-state index contributed by atoms with van der Waals surface area (Å²) < 4.78 is 5.46. The highest BCUT2D eigenvalue weighted by atomic mass is 35.5. The zero-order valence-electron chi connectivity index (χ0n) is 15.3. The number of carboxylic acid groups (broad SMARTS) is 1. The number of nitrogens with one attached hydrogen (secondary N) is 1. The molecule has 0 aromatic carbocycles. The molecule has 0 saturated carbocycles. The van der Waals surface area contributed by atoms with Crippen LogP contribution in [0.5, 0.6) is 5.88 Å². The van der Waals surface area contributed by atoms with Crippen LogP contribution >= 0.6 is 11.6 Å². The highest BCUT2D eigenvalue weighted by molar-refractivity contribution is 6.32. The number of rotatable bonds is 9. The van der Waals surface area contributed by atoms with Crippen molar-refractivity contribution >= 4 is 29.4 Å². The summed E-state index contributed by atoms with van der Waals surface area (Å²) in [6.07, 6.45) is 1.30. The number of amides is 2. The van der Waals surface area contributed by atoms with Crippen molar-refractivity contribution in [3.63, 3.8) is 0 Å². The maximum Gasteiger partial charge on any atom is 0.326 e. The van der Waals surface area contributed by atoms with Crippen molar-refractivity contribution in [3.05, 3.63) is 22.8 Å². The molecule has 1 aromatic heterocycles. The van der Waals surface area contributed by atoms with Crippen LogP contribution in [0.15, 0.2) is 12.3 Å². The first-order chi connectivity index (χ1) is 12.1. The summed E-state index contributed by atoms with van der Waals surface area (Å²) >= 11 is 6.12. The number of pyridine rings is 1. The third-order valence-electron chi connectivity index (χ3n) is 3.42. The summed E-state index contributed by atoms with van der Waals surface area (Å²) in [7, 11) is 0. The van der Waals surface area contributed by atoms with E-state index in [1.807, 2.05) is 13.8 Å². The van der Waals surface area contributed by atoms with Gasteiger partial charge in [0.1, 0.15) is 11.1 Å². The first kappa shape index (κ1) is 21.7. The van der Waals surface area contributed by atoms with Crippen LogP contribution in [0.1, 0.15) is 38.1 Å². The Hall–Kier alpha value is -2.35. The van der Waals surface area contributed by atoms with Gasteiger partial charge in [0.15, 0.2) is 0 Å². The number of aliphatic carboxylic acids is 1. The van der Waals surface area contributed by atoms with Gasteiger partial charge < -0.3 is 20.1 Å². The second kappa shape index (κ2) is 9.96. The molecule has 1 rings (SSSR count). The van der Waals surface area contributed by atoms with Crippen LogP contribution in [0.25, 0.3) is 0 Å². The molecule has 0 spiro atoms. The van der Waals surface area contributed by atoms with Gasteiger partial charge in [-0.25, -0.2) is 9.78 Å². The van der Waals surface area contributed by atoms with Gasteiger partial charge in [0.05, 0.1) is 12.2 Å². The molecule has 1 unspecified atom stereocenters. The van der Waals surface area contributed by atoms with Crippen LogP contribution in [-0.4, -0.2) is 58.5 Å². The van der Waals surface area contributed by atoms with Gasteiger partial charge in [0, 0.05) is 26.2 Å². The molecule has 0 saturated heterocycles. The number of ether oxygens (including phenoxy) is 1. The van der Waals surface area contributed by atoms with Gasteiger partial charge in [-0.05, 0) is 18.9 Å². The standard InChI is InChI=1S/C17H24ClN3O5/c1-10(2)9-26-15-14(18)7-13(8-20-15)16(23)21(11(3)17(24)25)6-5-19-12(4)22/h7-8,10-11H,5-6,9H2,1-4H3,(H,19,22)(H,24,25). The Labute approximate surface area is 157 Å². The average molecular weight is 386 g/mol. The smallest absolute Gasteiger partial charge is 0.326 e. The maximum atomic E-state index is 12.7. The lowest BCUT2D eigenvalue weighted by molar-refractivity contribution is -0.141. The van der Waals surface area contributed by atoms with E-state index in [-0.39, 0.29) is 41.4 Å². The quantitative estimate of drug-likeness (QED) is 0.671. The summed E-state index contributed by atoms with van der Waals surface area (Å²) in [5.74, 6) is -1.47. The number of carboxylic acids is 1. The molecular formula is C17H24ClN3O5. The molecule has 1 atom stereocenters. The van der Waals surface area contributed by atoms with Gasteiger partial charge in [-0.2, -0.15) is 0 Å². The SMILES string of the molecule is CC(=O)NCCN(C(=O)c1cnc(OCC(C)C)c(Cl)c1)C(C)C(=O)O. The molecule has 144 valence electrons. The van der Waals surface area contributed by atoms with Crippen LogP contribution in [-0.2, 0) is 9.59 Å². The van der Waals surface area contributed by atoms with Gasteiger partial charge in [-0.3, -0.25) is 9.59 Å². The average Bonchev–Trinajstić information content (AvgIpc) is 2.56. The Morgan fingerprint density at radius 1 is 1.35 bits per heavy atom.